The number of hydrogen-bond donors (Lipinski definition) is 1. The number of aromatic nitrogens is 5. The van der Waals surface area contributed by atoms with E-state index in [-0.39, 0.29) is 18.9 Å². The lowest BCUT2D eigenvalue weighted by molar-refractivity contribution is 0.0518. The van der Waals surface area contributed by atoms with E-state index in [0.717, 1.165) is 5.56 Å². The molecule has 0 aliphatic heterocycles. The van der Waals surface area contributed by atoms with Crippen molar-refractivity contribution in [2.45, 2.75) is 12.7 Å². The first-order valence-corrected chi connectivity index (χ1v) is 9.10. The van der Waals surface area contributed by atoms with Crippen molar-refractivity contribution in [3.63, 3.8) is 0 Å². The van der Waals surface area contributed by atoms with Gasteiger partial charge in [0.05, 0.1) is 18.9 Å². The number of benzene rings is 1. The summed E-state index contributed by atoms with van der Waals surface area (Å²) in [6, 6.07) is 9.37. The predicted octanol–water partition coefficient (Wildman–Crippen LogP) is 1.72. The molecule has 0 aliphatic carbocycles. The average Bonchev–Trinajstić information content (AvgIpc) is 3.29. The molecule has 0 saturated heterocycles. The van der Waals surface area contributed by atoms with Crippen molar-refractivity contribution in [2.24, 2.45) is 0 Å². The van der Waals surface area contributed by atoms with Gasteiger partial charge in [0.2, 0.25) is 5.82 Å². The second-order valence-corrected chi connectivity index (χ2v) is 6.20. The highest BCUT2D eigenvalue weighted by molar-refractivity contribution is 7.98. The SMILES string of the molecule is CCOC(=O)c1nnn(-c2nonc2-c2ccccc2)c1CSCCO. The van der Waals surface area contributed by atoms with Crippen LogP contribution in [0.1, 0.15) is 23.1 Å². The molecule has 26 heavy (non-hydrogen) atoms. The average molecular weight is 375 g/mol. The Hall–Kier alpha value is -2.72. The van der Waals surface area contributed by atoms with Gasteiger partial charge in [0, 0.05) is 17.1 Å². The van der Waals surface area contributed by atoms with Crippen LogP contribution in [0, 0.1) is 0 Å². The van der Waals surface area contributed by atoms with E-state index in [0.29, 0.717) is 28.7 Å². The van der Waals surface area contributed by atoms with E-state index >= 15 is 0 Å². The van der Waals surface area contributed by atoms with E-state index in [1.165, 1.54) is 16.4 Å². The molecule has 0 radical (unpaired) electrons. The van der Waals surface area contributed by atoms with Crippen LogP contribution in [0.2, 0.25) is 0 Å². The fourth-order valence-corrected chi connectivity index (χ4v) is 3.02. The highest BCUT2D eigenvalue weighted by atomic mass is 32.2. The summed E-state index contributed by atoms with van der Waals surface area (Å²) >= 11 is 1.44. The Balaban J connectivity index is 2.03. The Labute approximate surface area is 153 Å². The number of aliphatic hydroxyl groups is 1. The fourth-order valence-electron chi connectivity index (χ4n) is 2.29. The number of hydrogen-bond acceptors (Lipinski definition) is 9. The van der Waals surface area contributed by atoms with Crippen LogP contribution in [0.15, 0.2) is 35.0 Å². The Morgan fingerprint density at radius 2 is 2.12 bits per heavy atom. The van der Waals surface area contributed by atoms with E-state index in [1.807, 2.05) is 30.3 Å². The summed E-state index contributed by atoms with van der Waals surface area (Å²) in [6.07, 6.45) is 0. The number of nitrogens with zero attached hydrogens (tertiary/aromatic N) is 5. The number of ether oxygens (including phenoxy) is 1. The zero-order chi connectivity index (χ0) is 18.4. The molecule has 0 aliphatic rings. The third-order valence-electron chi connectivity index (χ3n) is 3.43. The van der Waals surface area contributed by atoms with E-state index in [9.17, 15) is 4.79 Å². The summed E-state index contributed by atoms with van der Waals surface area (Å²) in [6.45, 7) is 1.98. The molecule has 3 aromatic rings. The first-order valence-electron chi connectivity index (χ1n) is 7.95. The Morgan fingerprint density at radius 1 is 1.31 bits per heavy atom. The molecule has 0 spiro atoms. The summed E-state index contributed by atoms with van der Waals surface area (Å²) in [7, 11) is 0. The van der Waals surface area contributed by atoms with Gasteiger partial charge in [-0.1, -0.05) is 35.5 Å². The summed E-state index contributed by atoms with van der Waals surface area (Å²) in [4.78, 5) is 12.2. The Kier molecular flexibility index (Phi) is 5.97. The lowest BCUT2D eigenvalue weighted by Crippen LogP contribution is -2.10. The molecule has 136 valence electrons. The smallest absolute Gasteiger partial charge is 0.360 e. The molecule has 0 bridgehead atoms. The number of carbonyl (C=O) groups is 1. The van der Waals surface area contributed by atoms with Crippen LogP contribution >= 0.6 is 11.8 Å². The molecule has 1 aromatic carbocycles. The first kappa shape index (κ1) is 18.1. The highest BCUT2D eigenvalue weighted by Crippen LogP contribution is 2.26. The Morgan fingerprint density at radius 3 is 2.85 bits per heavy atom. The molecule has 0 fully saturated rings. The molecule has 0 saturated carbocycles. The van der Waals surface area contributed by atoms with Crippen LogP contribution in [0.3, 0.4) is 0 Å². The maximum absolute atomic E-state index is 12.2. The van der Waals surface area contributed by atoms with Crippen LogP contribution < -0.4 is 0 Å². The van der Waals surface area contributed by atoms with Crippen molar-refractivity contribution >= 4 is 17.7 Å². The second kappa shape index (κ2) is 8.59. The fraction of sp³-hybridized carbons (Fsp3) is 0.312. The van der Waals surface area contributed by atoms with Crippen molar-refractivity contribution in [3.8, 4) is 17.1 Å². The van der Waals surface area contributed by atoms with Crippen LogP contribution in [0.5, 0.6) is 0 Å². The van der Waals surface area contributed by atoms with E-state index in [4.69, 9.17) is 14.5 Å². The van der Waals surface area contributed by atoms with E-state index < -0.39 is 5.97 Å². The monoisotopic (exact) mass is 375 g/mol. The van der Waals surface area contributed by atoms with Gasteiger partial charge in [-0.2, -0.15) is 16.4 Å². The topological polar surface area (TPSA) is 116 Å². The largest absolute Gasteiger partial charge is 0.461 e. The highest BCUT2D eigenvalue weighted by Gasteiger charge is 2.25. The minimum absolute atomic E-state index is 0.0295. The molecule has 0 unspecified atom stereocenters. The van der Waals surface area contributed by atoms with Crippen LogP contribution in [-0.2, 0) is 10.5 Å². The standard InChI is InChI=1S/C16H17N5O4S/c1-2-24-16(23)14-12(10-26-9-8-22)21(20-17-14)15-13(18-25-19-15)11-6-4-3-5-7-11/h3-7,22H,2,8-10H2,1H3. The van der Waals surface area contributed by atoms with Crippen molar-refractivity contribution in [3.05, 3.63) is 41.7 Å². The van der Waals surface area contributed by atoms with Gasteiger partial charge in [0.1, 0.15) is 0 Å². The van der Waals surface area contributed by atoms with Gasteiger partial charge >= 0.3 is 5.97 Å². The van der Waals surface area contributed by atoms with Crippen LogP contribution in [-0.4, -0.2) is 55.3 Å². The van der Waals surface area contributed by atoms with Gasteiger partial charge in [0.25, 0.3) is 0 Å². The molecule has 10 heteroatoms. The van der Waals surface area contributed by atoms with Crippen molar-refractivity contribution in [1.82, 2.24) is 25.3 Å². The van der Waals surface area contributed by atoms with Crippen LogP contribution in [0.4, 0.5) is 0 Å². The van der Waals surface area contributed by atoms with Crippen molar-refractivity contribution in [1.29, 1.82) is 0 Å². The number of thioether (sulfide) groups is 1. The Bertz CT molecular complexity index is 865. The number of carbonyl (C=O) groups excluding carboxylic acids is 1. The molecule has 2 aromatic heterocycles. The second-order valence-electron chi connectivity index (χ2n) is 5.10. The summed E-state index contributed by atoms with van der Waals surface area (Å²) in [5, 5.41) is 24.9. The normalized spacial score (nSPS) is 10.8. The number of aliphatic hydroxyl groups excluding tert-OH is 1. The van der Waals surface area contributed by atoms with Gasteiger partial charge in [-0.25, -0.2) is 9.42 Å². The van der Waals surface area contributed by atoms with Gasteiger partial charge in [-0.3, -0.25) is 0 Å². The quantitative estimate of drug-likeness (QED) is 0.464. The van der Waals surface area contributed by atoms with Crippen LogP contribution in [0.25, 0.3) is 17.1 Å². The minimum atomic E-state index is -0.559. The molecule has 2 heterocycles. The lowest BCUT2D eigenvalue weighted by atomic mass is 10.1. The van der Waals surface area contributed by atoms with E-state index in [1.54, 1.807) is 6.92 Å². The molecule has 1 N–H and O–H groups in total. The van der Waals surface area contributed by atoms with Gasteiger partial charge in [-0.05, 0) is 17.2 Å². The van der Waals surface area contributed by atoms with Gasteiger partial charge in [0.15, 0.2) is 11.4 Å². The van der Waals surface area contributed by atoms with E-state index in [2.05, 4.69) is 20.6 Å². The molecule has 9 nitrogen and oxygen atoms in total. The summed E-state index contributed by atoms with van der Waals surface area (Å²) < 4.78 is 11.4. The van der Waals surface area contributed by atoms with Crippen molar-refractivity contribution < 1.29 is 19.3 Å². The minimum Gasteiger partial charge on any atom is -0.461 e. The van der Waals surface area contributed by atoms with Gasteiger partial charge < -0.3 is 9.84 Å². The molecular formula is C16H17N5O4S. The lowest BCUT2D eigenvalue weighted by Gasteiger charge is -2.06. The number of rotatable bonds is 8. The van der Waals surface area contributed by atoms with Gasteiger partial charge in [-0.15, -0.1) is 5.10 Å². The molecule has 0 atom stereocenters. The predicted molar refractivity (Wildman–Crippen MR) is 93.9 cm³/mol. The maximum atomic E-state index is 12.2. The summed E-state index contributed by atoms with van der Waals surface area (Å²) in [5.74, 6) is 0.675. The summed E-state index contributed by atoms with van der Waals surface area (Å²) in [5.41, 5.74) is 1.90. The van der Waals surface area contributed by atoms with Crippen molar-refractivity contribution in [2.75, 3.05) is 19.0 Å². The molecule has 3 rings (SSSR count). The molecule has 0 amide bonds. The number of esters is 1. The first-order chi connectivity index (χ1) is 12.8. The zero-order valence-corrected chi connectivity index (χ0v) is 14.8. The third-order valence-corrected chi connectivity index (χ3v) is 4.37. The molecular weight excluding hydrogens is 358 g/mol. The zero-order valence-electron chi connectivity index (χ0n) is 14.0. The third kappa shape index (κ3) is 3.75. The maximum Gasteiger partial charge on any atom is 0.360 e.